The second kappa shape index (κ2) is 5.97. The molecule has 1 N–H and O–H groups in total. The van der Waals surface area contributed by atoms with Crippen LogP contribution in [0.25, 0.3) is 0 Å². The van der Waals surface area contributed by atoms with E-state index in [4.69, 9.17) is 11.6 Å². The van der Waals surface area contributed by atoms with Crippen LogP contribution in [0.5, 0.6) is 5.75 Å². The number of pyridine rings is 2. The van der Waals surface area contributed by atoms with Crippen LogP contribution in [0, 0.1) is 0 Å². The van der Waals surface area contributed by atoms with Crippen LogP contribution in [-0.2, 0) is 15.6 Å². The van der Waals surface area contributed by atoms with Crippen LogP contribution in [-0.4, -0.2) is 23.5 Å². The Labute approximate surface area is 137 Å². The predicted octanol–water partition coefficient (Wildman–Crippen LogP) is 3.33. The van der Waals surface area contributed by atoms with Gasteiger partial charge in [-0.05, 0) is 44.0 Å². The first-order valence-electron chi connectivity index (χ1n) is 5.17. The maximum absolute atomic E-state index is 12.2. The van der Waals surface area contributed by atoms with Crippen molar-refractivity contribution in [2.24, 2.45) is 0 Å². The molecular formula is C11H7Br2ClN2O3S. The van der Waals surface area contributed by atoms with Gasteiger partial charge in [0.05, 0.1) is 15.1 Å². The average molecular weight is 443 g/mol. The van der Waals surface area contributed by atoms with E-state index in [0.717, 1.165) is 0 Å². The van der Waals surface area contributed by atoms with E-state index in [1.807, 2.05) is 0 Å². The van der Waals surface area contributed by atoms with Crippen LogP contribution in [0.15, 0.2) is 38.4 Å². The van der Waals surface area contributed by atoms with Gasteiger partial charge in [-0.15, -0.1) is 0 Å². The van der Waals surface area contributed by atoms with Crippen molar-refractivity contribution in [2.45, 2.75) is 10.6 Å². The first-order chi connectivity index (χ1) is 9.29. The van der Waals surface area contributed by atoms with Crippen LogP contribution >= 0.6 is 43.5 Å². The van der Waals surface area contributed by atoms with Crippen LogP contribution in [0.3, 0.4) is 0 Å². The third-order valence-electron chi connectivity index (χ3n) is 2.37. The monoisotopic (exact) mass is 440 g/mol. The molecule has 0 bridgehead atoms. The maximum atomic E-state index is 12.2. The summed E-state index contributed by atoms with van der Waals surface area (Å²) in [5, 5.41) is 9.87. The van der Waals surface area contributed by atoms with E-state index in [9.17, 15) is 13.5 Å². The third-order valence-corrected chi connectivity index (χ3v) is 5.53. The largest absolute Gasteiger partial charge is 0.506 e. The van der Waals surface area contributed by atoms with Gasteiger partial charge in [0.15, 0.2) is 9.84 Å². The van der Waals surface area contributed by atoms with Gasteiger partial charge < -0.3 is 5.11 Å². The molecule has 0 amide bonds. The van der Waals surface area contributed by atoms with E-state index >= 15 is 0 Å². The Kier molecular flexibility index (Phi) is 4.68. The molecule has 0 spiro atoms. The third kappa shape index (κ3) is 3.49. The second-order valence-electron chi connectivity index (χ2n) is 3.82. The smallest absolute Gasteiger partial charge is 0.185 e. The Morgan fingerprint density at radius 1 is 1.20 bits per heavy atom. The standard InChI is InChI=1S/C11H7Br2ClN2O3S/c12-6-1-10(17)9(15-3-6)5-20(18,19)7-2-8(13)11(14)16-4-7/h1-4,17H,5H2. The van der Waals surface area contributed by atoms with Gasteiger partial charge in [0.25, 0.3) is 0 Å². The quantitative estimate of drug-likeness (QED) is 0.738. The van der Waals surface area contributed by atoms with Crippen molar-refractivity contribution in [1.29, 1.82) is 0 Å². The Bertz CT molecular complexity index is 768. The number of hydrogen-bond donors (Lipinski definition) is 1. The molecule has 2 heterocycles. The van der Waals surface area contributed by atoms with Crippen LogP contribution in [0.2, 0.25) is 5.15 Å². The summed E-state index contributed by atoms with van der Waals surface area (Å²) >= 11 is 12.0. The number of rotatable bonds is 3. The molecule has 2 rings (SSSR count). The summed E-state index contributed by atoms with van der Waals surface area (Å²) in [6.45, 7) is 0. The topological polar surface area (TPSA) is 80.2 Å². The number of sulfone groups is 1. The molecule has 0 saturated heterocycles. The average Bonchev–Trinajstić information content (AvgIpc) is 2.36. The summed E-state index contributed by atoms with van der Waals surface area (Å²) in [5.74, 6) is -0.620. The molecule has 2 aromatic rings. The fourth-order valence-corrected chi connectivity index (χ4v) is 3.59. The fourth-order valence-electron chi connectivity index (χ4n) is 1.41. The highest BCUT2D eigenvalue weighted by Crippen LogP contribution is 2.27. The number of nitrogens with zero attached hydrogens (tertiary/aromatic N) is 2. The normalized spacial score (nSPS) is 11.6. The van der Waals surface area contributed by atoms with Crippen LogP contribution in [0.4, 0.5) is 0 Å². The van der Waals surface area contributed by atoms with Crippen molar-refractivity contribution in [3.05, 3.63) is 44.3 Å². The Hall–Kier alpha value is -0.700. The first kappa shape index (κ1) is 15.7. The molecule has 5 nitrogen and oxygen atoms in total. The summed E-state index contributed by atoms with van der Waals surface area (Å²) in [5.41, 5.74) is 0.0688. The van der Waals surface area contributed by atoms with Crippen molar-refractivity contribution >= 4 is 53.3 Å². The predicted molar refractivity (Wildman–Crippen MR) is 81.4 cm³/mol. The van der Waals surface area contributed by atoms with Crippen molar-refractivity contribution in [2.75, 3.05) is 0 Å². The summed E-state index contributed by atoms with van der Waals surface area (Å²) < 4.78 is 25.4. The van der Waals surface area contributed by atoms with Gasteiger partial charge >= 0.3 is 0 Å². The zero-order valence-corrected chi connectivity index (χ0v) is 14.5. The lowest BCUT2D eigenvalue weighted by Crippen LogP contribution is -2.07. The van der Waals surface area contributed by atoms with Gasteiger partial charge in [-0.2, -0.15) is 0 Å². The summed E-state index contributed by atoms with van der Waals surface area (Å²) in [4.78, 5) is 7.66. The highest BCUT2D eigenvalue weighted by Gasteiger charge is 2.20. The van der Waals surface area contributed by atoms with E-state index in [1.165, 1.54) is 24.5 Å². The molecule has 0 atom stereocenters. The Morgan fingerprint density at radius 2 is 1.90 bits per heavy atom. The molecule has 0 aromatic carbocycles. The van der Waals surface area contributed by atoms with E-state index in [2.05, 4.69) is 41.8 Å². The van der Waals surface area contributed by atoms with Gasteiger partial charge in [0, 0.05) is 16.9 Å². The Balaban J connectivity index is 2.38. The molecule has 2 aromatic heterocycles. The van der Waals surface area contributed by atoms with E-state index in [1.54, 1.807) is 0 Å². The molecule has 0 fully saturated rings. The zero-order valence-electron chi connectivity index (χ0n) is 9.72. The Morgan fingerprint density at radius 3 is 2.50 bits per heavy atom. The van der Waals surface area contributed by atoms with E-state index in [0.29, 0.717) is 8.95 Å². The molecule has 9 heteroatoms. The van der Waals surface area contributed by atoms with E-state index in [-0.39, 0.29) is 21.5 Å². The van der Waals surface area contributed by atoms with Crippen molar-refractivity contribution in [3.63, 3.8) is 0 Å². The molecule has 0 aliphatic carbocycles. The number of hydrogen-bond acceptors (Lipinski definition) is 5. The summed E-state index contributed by atoms with van der Waals surface area (Å²) in [6.07, 6.45) is 2.58. The lowest BCUT2D eigenvalue weighted by atomic mass is 10.3. The van der Waals surface area contributed by atoms with Crippen molar-refractivity contribution < 1.29 is 13.5 Å². The number of aromatic nitrogens is 2. The highest BCUT2D eigenvalue weighted by molar-refractivity contribution is 9.10. The minimum atomic E-state index is -3.68. The molecule has 20 heavy (non-hydrogen) atoms. The minimum Gasteiger partial charge on any atom is -0.506 e. The van der Waals surface area contributed by atoms with Gasteiger partial charge in [0.1, 0.15) is 16.7 Å². The van der Waals surface area contributed by atoms with Crippen molar-refractivity contribution in [3.8, 4) is 5.75 Å². The molecule has 0 unspecified atom stereocenters. The van der Waals surface area contributed by atoms with Crippen molar-refractivity contribution in [1.82, 2.24) is 9.97 Å². The molecule has 0 saturated carbocycles. The van der Waals surface area contributed by atoms with Gasteiger partial charge in [-0.3, -0.25) is 4.98 Å². The maximum Gasteiger partial charge on any atom is 0.185 e. The summed E-state index contributed by atoms with van der Waals surface area (Å²) in [6, 6.07) is 2.74. The summed E-state index contributed by atoms with van der Waals surface area (Å²) in [7, 11) is -3.68. The number of aromatic hydroxyl groups is 1. The fraction of sp³-hybridized carbons (Fsp3) is 0.0909. The molecular weight excluding hydrogens is 435 g/mol. The molecule has 0 aliphatic heterocycles. The lowest BCUT2D eigenvalue weighted by Gasteiger charge is -2.06. The highest BCUT2D eigenvalue weighted by atomic mass is 79.9. The second-order valence-corrected chi connectivity index (χ2v) is 7.94. The first-order valence-corrected chi connectivity index (χ1v) is 8.78. The zero-order chi connectivity index (χ0) is 14.9. The minimum absolute atomic E-state index is 0.00195. The molecule has 0 aliphatic rings. The lowest BCUT2D eigenvalue weighted by molar-refractivity contribution is 0.465. The van der Waals surface area contributed by atoms with Gasteiger partial charge in [-0.25, -0.2) is 13.4 Å². The van der Waals surface area contributed by atoms with Gasteiger partial charge in [0.2, 0.25) is 0 Å². The number of halogens is 3. The molecule has 106 valence electrons. The van der Waals surface area contributed by atoms with Crippen LogP contribution < -0.4 is 0 Å². The SMILES string of the molecule is O=S(=O)(Cc1ncc(Br)cc1O)c1cnc(Cl)c(Br)c1. The van der Waals surface area contributed by atoms with Crippen LogP contribution in [0.1, 0.15) is 5.69 Å². The molecule has 0 radical (unpaired) electrons. The van der Waals surface area contributed by atoms with Gasteiger partial charge in [-0.1, -0.05) is 11.6 Å². The van der Waals surface area contributed by atoms with E-state index < -0.39 is 15.6 Å².